The summed E-state index contributed by atoms with van der Waals surface area (Å²) in [6.07, 6.45) is 65.7. The Hall–Kier alpha value is 0.480. The van der Waals surface area contributed by atoms with Gasteiger partial charge in [0.05, 0.1) is 0 Å². The van der Waals surface area contributed by atoms with E-state index < -0.39 is 0 Å². The Bertz CT molecular complexity index is 505. The van der Waals surface area contributed by atoms with Crippen LogP contribution in [0.15, 0.2) is 0 Å². The number of rotatable bonds is 45. The molecule has 0 aromatic carbocycles. The molecule has 0 saturated carbocycles. The van der Waals surface area contributed by atoms with Gasteiger partial charge in [0.1, 0.15) is 0 Å². The molecule has 0 spiro atoms. The fraction of sp³-hybridized carbons (Fsp3) is 1.00. The highest BCUT2D eigenvalue weighted by Gasteiger charge is 2.25. The van der Waals surface area contributed by atoms with Gasteiger partial charge < -0.3 is 0 Å². The van der Waals surface area contributed by atoms with Crippen LogP contribution in [0.3, 0.4) is 0 Å². The first-order valence-corrected chi connectivity index (χ1v) is 25.2. The van der Waals surface area contributed by atoms with Crippen molar-refractivity contribution in [3.05, 3.63) is 0 Å². The molecule has 1 heteroatoms. The maximum absolute atomic E-state index is 4.40. The molecule has 0 bridgehead atoms. The Morgan fingerprint density at radius 3 is 0.460 bits per heavy atom. The van der Waals surface area contributed by atoms with E-state index in [1.807, 2.05) is 0 Å². The Morgan fingerprint density at radius 2 is 0.320 bits per heavy atom. The van der Waals surface area contributed by atoms with Gasteiger partial charge in [-0.3, -0.25) is 0 Å². The van der Waals surface area contributed by atoms with Crippen molar-refractivity contribution in [1.29, 1.82) is 0 Å². The molecule has 0 aliphatic heterocycles. The molecule has 0 aliphatic carbocycles. The van der Waals surface area contributed by atoms with Crippen molar-refractivity contribution in [1.82, 2.24) is 0 Å². The Balaban J connectivity index is 4.07. The molecule has 0 N–H and O–H groups in total. The average molecular weight is 768 g/mol. The van der Waals surface area contributed by atoms with Crippen LogP contribution in [0.1, 0.15) is 310 Å². The van der Waals surface area contributed by atoms with Crippen molar-refractivity contribution in [2.24, 2.45) is 0 Å². The minimum atomic E-state index is 0.429. The van der Waals surface area contributed by atoms with Crippen LogP contribution in [-0.4, -0.2) is 4.32 Å². The van der Waals surface area contributed by atoms with E-state index in [4.69, 9.17) is 0 Å². The fourth-order valence-electron chi connectivity index (χ4n) is 8.28. The Morgan fingerprint density at radius 1 is 0.200 bits per heavy atom. The maximum atomic E-state index is 4.40. The second kappa shape index (κ2) is 43.9. The van der Waals surface area contributed by atoms with Gasteiger partial charge in [-0.2, -0.15) is 0 Å². The predicted octanol–water partition coefficient (Wildman–Crippen LogP) is 19.7. The summed E-state index contributed by atoms with van der Waals surface area (Å²) in [7, 11) is 0. The van der Waals surface area contributed by atoms with Crippen molar-refractivity contribution in [2.75, 3.05) is 0 Å². The highest BCUT2D eigenvalue weighted by molar-refractivity contribution is 9.10. The minimum absolute atomic E-state index is 0.429. The van der Waals surface area contributed by atoms with Gasteiger partial charge in [0.15, 0.2) is 0 Å². The van der Waals surface area contributed by atoms with Gasteiger partial charge in [-0.05, 0) is 19.3 Å². The third-order valence-electron chi connectivity index (χ3n) is 11.9. The maximum Gasteiger partial charge on any atom is 0.0258 e. The van der Waals surface area contributed by atoms with Crippen LogP contribution in [0.25, 0.3) is 0 Å². The van der Waals surface area contributed by atoms with E-state index in [0.29, 0.717) is 4.32 Å². The first-order valence-electron chi connectivity index (χ1n) is 24.4. The summed E-state index contributed by atoms with van der Waals surface area (Å²) in [6, 6.07) is 0. The van der Waals surface area contributed by atoms with E-state index in [9.17, 15) is 0 Å². The van der Waals surface area contributed by atoms with Gasteiger partial charge >= 0.3 is 0 Å². The van der Waals surface area contributed by atoms with E-state index >= 15 is 0 Å². The van der Waals surface area contributed by atoms with Gasteiger partial charge in [-0.1, -0.05) is 306 Å². The lowest BCUT2D eigenvalue weighted by Crippen LogP contribution is -2.21. The molecular formula is C49H99Br. The monoisotopic (exact) mass is 767 g/mol. The van der Waals surface area contributed by atoms with Gasteiger partial charge in [0.25, 0.3) is 0 Å². The SMILES string of the molecule is CCCCCCCCCCCCCCCCC(Br)(CCCCCCCCCCCCCCCC)CCCCCCCCCCCCCCCC. The zero-order chi connectivity index (χ0) is 36.3. The first-order chi connectivity index (χ1) is 24.7. The lowest BCUT2D eigenvalue weighted by Gasteiger charge is -2.28. The van der Waals surface area contributed by atoms with E-state index in [-0.39, 0.29) is 0 Å². The van der Waals surface area contributed by atoms with Crippen LogP contribution in [0.5, 0.6) is 0 Å². The Labute approximate surface area is 328 Å². The molecular weight excluding hydrogens is 668 g/mol. The van der Waals surface area contributed by atoms with Crippen molar-refractivity contribution in [2.45, 2.75) is 314 Å². The lowest BCUT2D eigenvalue weighted by atomic mass is 9.89. The van der Waals surface area contributed by atoms with Crippen LogP contribution in [0.2, 0.25) is 0 Å². The molecule has 0 aromatic heterocycles. The molecule has 302 valence electrons. The van der Waals surface area contributed by atoms with E-state index in [2.05, 4.69) is 36.7 Å². The van der Waals surface area contributed by atoms with Gasteiger partial charge in [0.2, 0.25) is 0 Å². The summed E-state index contributed by atoms with van der Waals surface area (Å²) in [5, 5.41) is 0. The quantitative estimate of drug-likeness (QED) is 0.0428. The first kappa shape index (κ1) is 50.5. The van der Waals surface area contributed by atoms with E-state index in [0.717, 1.165) is 0 Å². The van der Waals surface area contributed by atoms with Crippen LogP contribution in [0, 0.1) is 0 Å². The molecule has 0 fully saturated rings. The van der Waals surface area contributed by atoms with Crippen molar-refractivity contribution in [3.8, 4) is 0 Å². The highest BCUT2D eigenvalue weighted by atomic mass is 79.9. The second-order valence-corrected chi connectivity index (χ2v) is 18.9. The third-order valence-corrected chi connectivity index (χ3v) is 13.1. The molecule has 0 atom stereocenters. The zero-order valence-electron chi connectivity index (χ0n) is 35.7. The average Bonchev–Trinajstić information content (AvgIpc) is 3.12. The zero-order valence-corrected chi connectivity index (χ0v) is 37.3. The normalized spacial score (nSPS) is 12.0. The van der Waals surface area contributed by atoms with E-state index in [1.165, 1.54) is 289 Å². The predicted molar refractivity (Wildman–Crippen MR) is 236 cm³/mol. The molecule has 0 amide bonds. The topological polar surface area (TPSA) is 0 Å². The molecule has 0 nitrogen and oxygen atoms in total. The molecule has 0 heterocycles. The molecule has 0 radical (unpaired) electrons. The van der Waals surface area contributed by atoms with Crippen molar-refractivity contribution in [3.63, 3.8) is 0 Å². The molecule has 0 saturated heterocycles. The number of hydrogen-bond acceptors (Lipinski definition) is 0. The number of halogens is 1. The number of unbranched alkanes of at least 4 members (excludes halogenated alkanes) is 39. The van der Waals surface area contributed by atoms with Crippen LogP contribution in [-0.2, 0) is 0 Å². The molecule has 50 heavy (non-hydrogen) atoms. The summed E-state index contributed by atoms with van der Waals surface area (Å²) < 4.78 is 0.429. The van der Waals surface area contributed by atoms with Gasteiger partial charge in [-0.25, -0.2) is 0 Å². The van der Waals surface area contributed by atoms with Crippen molar-refractivity contribution < 1.29 is 0 Å². The minimum Gasteiger partial charge on any atom is -0.0853 e. The van der Waals surface area contributed by atoms with E-state index in [1.54, 1.807) is 0 Å². The van der Waals surface area contributed by atoms with Gasteiger partial charge in [-0.15, -0.1) is 0 Å². The van der Waals surface area contributed by atoms with Crippen LogP contribution in [0.4, 0.5) is 0 Å². The smallest absolute Gasteiger partial charge is 0.0258 e. The summed E-state index contributed by atoms with van der Waals surface area (Å²) >= 11 is 4.40. The fourth-order valence-corrected chi connectivity index (χ4v) is 9.13. The summed E-state index contributed by atoms with van der Waals surface area (Å²) in [4.78, 5) is 0. The second-order valence-electron chi connectivity index (χ2n) is 17.2. The largest absolute Gasteiger partial charge is 0.0853 e. The Kier molecular flexibility index (Phi) is 44.3. The molecule has 0 aromatic rings. The summed E-state index contributed by atoms with van der Waals surface area (Å²) in [5.41, 5.74) is 0. The standard InChI is InChI=1S/C49H99Br/c1-4-7-10-13-16-19-22-25-28-31-34-37-40-43-46-49(50,47-44-41-38-35-32-29-26-23-20-17-14-11-8-5-2)48-45-42-39-36-33-30-27-24-21-18-15-12-9-6-3/h4-48H2,1-3H3. The van der Waals surface area contributed by atoms with Crippen LogP contribution < -0.4 is 0 Å². The lowest BCUT2D eigenvalue weighted by molar-refractivity contribution is 0.409. The summed E-state index contributed by atoms with van der Waals surface area (Å²) in [6.45, 7) is 6.96. The molecule has 0 unspecified atom stereocenters. The highest BCUT2D eigenvalue weighted by Crippen LogP contribution is 2.37. The number of alkyl halides is 1. The third kappa shape index (κ3) is 41.2. The van der Waals surface area contributed by atoms with Crippen LogP contribution >= 0.6 is 15.9 Å². The molecule has 0 aliphatic rings. The van der Waals surface area contributed by atoms with Crippen molar-refractivity contribution >= 4 is 15.9 Å². The summed E-state index contributed by atoms with van der Waals surface area (Å²) in [5.74, 6) is 0. The van der Waals surface area contributed by atoms with Gasteiger partial charge in [0, 0.05) is 4.32 Å². The number of hydrogen-bond donors (Lipinski definition) is 0. The molecule has 0 rings (SSSR count).